The molecule has 3 heterocycles. The van der Waals surface area contributed by atoms with Crippen molar-refractivity contribution >= 4 is 26.8 Å². The van der Waals surface area contributed by atoms with Crippen LogP contribution in [0.3, 0.4) is 0 Å². The van der Waals surface area contributed by atoms with Crippen LogP contribution in [0.5, 0.6) is 0 Å². The number of hydrogen-bond acceptors (Lipinski definition) is 6. The highest BCUT2D eigenvalue weighted by Crippen LogP contribution is 2.33. The number of hydrogen-bond donors (Lipinski definition) is 1. The van der Waals surface area contributed by atoms with E-state index in [1.165, 1.54) is 12.3 Å². The van der Waals surface area contributed by atoms with E-state index in [0.29, 0.717) is 37.4 Å². The monoisotopic (exact) mass is 474 g/mol. The van der Waals surface area contributed by atoms with E-state index < -0.39 is 10.0 Å². The molecule has 1 fully saturated rings. The molecule has 9 heteroatoms. The van der Waals surface area contributed by atoms with Crippen molar-refractivity contribution in [3.63, 3.8) is 0 Å². The molecule has 1 aliphatic heterocycles. The largest absolute Gasteiger partial charge is 0.378 e. The molecule has 2 aromatic heterocycles. The number of rotatable bonds is 4. The van der Waals surface area contributed by atoms with Gasteiger partial charge in [0.2, 0.25) is 10.0 Å². The molecule has 0 saturated carbocycles. The van der Waals surface area contributed by atoms with E-state index >= 15 is 0 Å². The minimum absolute atomic E-state index is 0.0370. The van der Waals surface area contributed by atoms with Crippen LogP contribution in [-0.4, -0.2) is 55.5 Å². The van der Waals surface area contributed by atoms with Gasteiger partial charge in [-0.3, -0.25) is 14.8 Å². The lowest BCUT2D eigenvalue weighted by Gasteiger charge is -2.27. The fourth-order valence-electron chi connectivity index (χ4n) is 4.13. The second-order valence-electron chi connectivity index (χ2n) is 7.99. The summed E-state index contributed by atoms with van der Waals surface area (Å²) in [5.74, 6) is -0.0370. The smallest absolute Gasteiger partial charge is 0.254 e. The van der Waals surface area contributed by atoms with E-state index in [9.17, 15) is 13.2 Å². The minimum Gasteiger partial charge on any atom is -0.378 e. The molecule has 34 heavy (non-hydrogen) atoms. The summed E-state index contributed by atoms with van der Waals surface area (Å²) in [6.07, 6.45) is 4.53. The predicted octanol–water partition coefficient (Wildman–Crippen LogP) is 3.08. The number of primary sulfonamides is 1. The van der Waals surface area contributed by atoms with Gasteiger partial charge in [0.25, 0.3) is 5.91 Å². The van der Waals surface area contributed by atoms with Gasteiger partial charge in [0.1, 0.15) is 4.90 Å². The van der Waals surface area contributed by atoms with Gasteiger partial charge >= 0.3 is 0 Å². The minimum atomic E-state index is -3.88. The first-order valence-electron chi connectivity index (χ1n) is 10.8. The number of amides is 1. The second-order valence-corrected chi connectivity index (χ2v) is 9.56. The Balaban J connectivity index is 1.63. The maximum Gasteiger partial charge on any atom is 0.254 e. The quantitative estimate of drug-likeness (QED) is 0.486. The van der Waals surface area contributed by atoms with Crippen LogP contribution in [0.4, 0.5) is 0 Å². The third kappa shape index (κ3) is 4.28. The molecule has 172 valence electrons. The van der Waals surface area contributed by atoms with Crippen LogP contribution in [-0.2, 0) is 14.8 Å². The number of benzene rings is 2. The van der Waals surface area contributed by atoms with Gasteiger partial charge in [-0.05, 0) is 47.0 Å². The van der Waals surface area contributed by atoms with Crippen molar-refractivity contribution in [2.45, 2.75) is 4.90 Å². The number of carbonyl (C=O) groups is 1. The summed E-state index contributed by atoms with van der Waals surface area (Å²) < 4.78 is 29.0. The van der Waals surface area contributed by atoms with Gasteiger partial charge in [0, 0.05) is 48.2 Å². The summed E-state index contributed by atoms with van der Waals surface area (Å²) in [5.41, 5.74) is 4.41. The van der Waals surface area contributed by atoms with Gasteiger partial charge in [-0.2, -0.15) is 0 Å². The fourth-order valence-corrected chi connectivity index (χ4v) is 4.63. The number of morpholine rings is 1. The lowest BCUT2D eigenvalue weighted by Crippen LogP contribution is -2.40. The Morgan fingerprint density at radius 3 is 2.53 bits per heavy atom. The van der Waals surface area contributed by atoms with E-state index in [4.69, 9.17) is 9.88 Å². The molecule has 0 bridgehead atoms. The number of fused-ring (bicyclic) bond motifs is 1. The highest BCUT2D eigenvalue weighted by molar-refractivity contribution is 7.89. The van der Waals surface area contributed by atoms with Crippen molar-refractivity contribution in [2.75, 3.05) is 26.3 Å². The van der Waals surface area contributed by atoms with Crippen LogP contribution in [0, 0.1) is 0 Å². The Bertz CT molecular complexity index is 1500. The van der Waals surface area contributed by atoms with Gasteiger partial charge in [0.05, 0.1) is 18.7 Å². The average molecular weight is 475 g/mol. The van der Waals surface area contributed by atoms with E-state index in [2.05, 4.69) is 9.97 Å². The number of sulfonamides is 1. The Hall–Kier alpha value is -3.66. The summed E-state index contributed by atoms with van der Waals surface area (Å²) in [6.45, 7) is 2.17. The zero-order valence-corrected chi connectivity index (χ0v) is 19.0. The van der Waals surface area contributed by atoms with Crippen molar-refractivity contribution in [1.82, 2.24) is 14.9 Å². The van der Waals surface area contributed by atoms with Gasteiger partial charge in [-0.25, -0.2) is 13.6 Å². The second kappa shape index (κ2) is 8.94. The van der Waals surface area contributed by atoms with Gasteiger partial charge in [0.15, 0.2) is 0 Å². The topological polar surface area (TPSA) is 115 Å². The first-order valence-corrected chi connectivity index (χ1v) is 12.3. The average Bonchev–Trinajstić information content (AvgIpc) is 2.88. The third-order valence-corrected chi connectivity index (χ3v) is 6.74. The summed E-state index contributed by atoms with van der Waals surface area (Å²) in [5, 5.41) is 6.12. The number of ether oxygens (including phenoxy) is 1. The standard InChI is InChI=1S/C25H22N4O4S/c26-34(31,32)19-13-18(15-27-16-19)17-5-6-24-23(14-17)21(7-8-28-24)20-3-1-2-4-22(20)25(30)29-9-11-33-12-10-29/h1-8,13-16H,9-12H2,(H2,26,31,32). The molecule has 4 aromatic rings. The molecule has 8 nitrogen and oxygen atoms in total. The van der Waals surface area contributed by atoms with Crippen LogP contribution in [0.15, 0.2) is 78.1 Å². The fraction of sp³-hybridized carbons (Fsp3) is 0.160. The Labute approximate surface area is 197 Å². The molecule has 0 radical (unpaired) electrons. The first-order chi connectivity index (χ1) is 16.4. The normalized spacial score (nSPS) is 14.3. The third-order valence-electron chi connectivity index (χ3n) is 5.86. The molecule has 0 spiro atoms. The van der Waals surface area contributed by atoms with Gasteiger partial charge < -0.3 is 9.64 Å². The Morgan fingerprint density at radius 1 is 0.941 bits per heavy atom. The number of nitrogens with zero attached hydrogens (tertiary/aromatic N) is 3. The molecule has 0 aliphatic carbocycles. The Kier molecular flexibility index (Phi) is 5.82. The molecule has 5 rings (SSSR count). The van der Waals surface area contributed by atoms with E-state index in [0.717, 1.165) is 27.6 Å². The van der Waals surface area contributed by atoms with Crippen molar-refractivity contribution in [2.24, 2.45) is 5.14 Å². The molecule has 1 amide bonds. The maximum absolute atomic E-state index is 13.3. The zero-order valence-electron chi connectivity index (χ0n) is 18.2. The molecular formula is C25H22N4O4S. The summed E-state index contributed by atoms with van der Waals surface area (Å²) in [4.78, 5) is 23.6. The van der Waals surface area contributed by atoms with Crippen LogP contribution in [0.25, 0.3) is 33.2 Å². The molecule has 0 atom stereocenters. The molecule has 1 aliphatic rings. The van der Waals surface area contributed by atoms with Crippen molar-refractivity contribution < 1.29 is 17.9 Å². The number of nitrogens with two attached hydrogens (primary N) is 1. The zero-order chi connectivity index (χ0) is 23.7. The van der Waals surface area contributed by atoms with Crippen molar-refractivity contribution in [3.05, 3.63) is 78.8 Å². The summed E-state index contributed by atoms with van der Waals surface area (Å²) in [7, 11) is -3.88. The van der Waals surface area contributed by atoms with Crippen LogP contribution in [0.1, 0.15) is 10.4 Å². The van der Waals surface area contributed by atoms with Gasteiger partial charge in [-0.15, -0.1) is 0 Å². The highest BCUT2D eigenvalue weighted by atomic mass is 32.2. The maximum atomic E-state index is 13.3. The molecule has 2 aromatic carbocycles. The van der Waals surface area contributed by atoms with Crippen molar-refractivity contribution in [3.8, 4) is 22.3 Å². The van der Waals surface area contributed by atoms with Gasteiger partial charge in [-0.1, -0.05) is 24.3 Å². The molecule has 2 N–H and O–H groups in total. The predicted molar refractivity (Wildman–Crippen MR) is 129 cm³/mol. The van der Waals surface area contributed by atoms with E-state index in [-0.39, 0.29) is 10.8 Å². The van der Waals surface area contributed by atoms with Crippen LogP contribution < -0.4 is 5.14 Å². The number of carbonyl (C=O) groups excluding carboxylic acids is 1. The van der Waals surface area contributed by atoms with E-state index in [1.807, 2.05) is 53.4 Å². The van der Waals surface area contributed by atoms with Crippen LogP contribution in [0.2, 0.25) is 0 Å². The SMILES string of the molecule is NS(=O)(=O)c1cncc(-c2ccc3nccc(-c4ccccc4C(=O)N4CCOCC4)c3c2)c1. The molecule has 0 unspecified atom stereocenters. The number of pyridine rings is 2. The lowest BCUT2D eigenvalue weighted by molar-refractivity contribution is 0.0303. The first kappa shape index (κ1) is 22.1. The summed E-state index contributed by atoms with van der Waals surface area (Å²) >= 11 is 0. The molecule has 1 saturated heterocycles. The van der Waals surface area contributed by atoms with Crippen LogP contribution >= 0.6 is 0 Å². The van der Waals surface area contributed by atoms with E-state index in [1.54, 1.807) is 12.4 Å². The highest BCUT2D eigenvalue weighted by Gasteiger charge is 2.22. The number of aromatic nitrogens is 2. The van der Waals surface area contributed by atoms with Crippen molar-refractivity contribution in [1.29, 1.82) is 0 Å². The summed E-state index contributed by atoms with van der Waals surface area (Å²) in [6, 6.07) is 16.6. The Morgan fingerprint density at radius 2 is 1.74 bits per heavy atom. The lowest BCUT2D eigenvalue weighted by atomic mass is 9.94. The molecular weight excluding hydrogens is 452 g/mol.